The quantitative estimate of drug-likeness (QED) is 0.778. The molecule has 1 aromatic carbocycles. The van der Waals surface area contributed by atoms with E-state index in [2.05, 4.69) is 15.3 Å². The Morgan fingerprint density at radius 2 is 2.25 bits per heavy atom. The number of aromatic amines is 1. The second-order valence-electron chi connectivity index (χ2n) is 3.67. The third-order valence-corrected chi connectivity index (χ3v) is 3.76. The van der Waals surface area contributed by atoms with E-state index < -0.39 is 0 Å². The fourth-order valence-corrected chi connectivity index (χ4v) is 2.81. The molecule has 1 aliphatic heterocycles. The lowest BCUT2D eigenvalue weighted by atomic mass is 10.2. The fourth-order valence-electron chi connectivity index (χ4n) is 1.83. The van der Waals surface area contributed by atoms with Gasteiger partial charge >= 0.3 is 0 Å². The van der Waals surface area contributed by atoms with Crippen molar-refractivity contribution in [2.75, 3.05) is 12.3 Å². The van der Waals surface area contributed by atoms with Gasteiger partial charge in [-0.2, -0.15) is 0 Å². The third kappa shape index (κ3) is 1.62. The maximum absolute atomic E-state index is 11.8. The van der Waals surface area contributed by atoms with Crippen molar-refractivity contribution in [3.05, 3.63) is 40.4 Å². The van der Waals surface area contributed by atoms with Gasteiger partial charge in [0.1, 0.15) is 11.2 Å². The summed E-state index contributed by atoms with van der Waals surface area (Å²) in [6.07, 6.45) is 0. The fraction of sp³-hybridized carbons (Fsp3) is 0.273. The van der Waals surface area contributed by atoms with Crippen LogP contribution in [0.3, 0.4) is 0 Å². The second-order valence-corrected chi connectivity index (χ2v) is 4.89. The van der Waals surface area contributed by atoms with Gasteiger partial charge in [-0.15, -0.1) is 11.8 Å². The van der Waals surface area contributed by atoms with Gasteiger partial charge < -0.3 is 4.98 Å². The lowest BCUT2D eigenvalue weighted by Crippen LogP contribution is -2.19. The minimum Gasteiger partial charge on any atom is -0.308 e. The van der Waals surface area contributed by atoms with E-state index in [4.69, 9.17) is 0 Å². The van der Waals surface area contributed by atoms with Crippen LogP contribution in [0.15, 0.2) is 29.1 Å². The maximum Gasteiger partial charge on any atom is 0.258 e. The normalized spacial score (nSPS) is 20.4. The standard InChI is InChI=1S/C11H11N3OS/c15-10-7-3-1-2-4-8(7)13-9(14-10)11-12-5-6-16-11/h1-4,11-12H,5-6H2,(H,13,14,15). The molecule has 16 heavy (non-hydrogen) atoms. The number of thioether (sulfide) groups is 1. The molecule has 1 unspecified atom stereocenters. The van der Waals surface area contributed by atoms with Crippen molar-refractivity contribution in [2.45, 2.75) is 5.37 Å². The Bertz CT molecular complexity index is 575. The van der Waals surface area contributed by atoms with E-state index in [1.165, 1.54) is 0 Å². The molecule has 5 heteroatoms. The number of fused-ring (bicyclic) bond motifs is 1. The molecule has 1 fully saturated rings. The van der Waals surface area contributed by atoms with Crippen molar-refractivity contribution < 1.29 is 0 Å². The molecule has 1 aliphatic rings. The van der Waals surface area contributed by atoms with E-state index in [0.29, 0.717) is 5.39 Å². The number of hydrogen-bond acceptors (Lipinski definition) is 4. The van der Waals surface area contributed by atoms with Gasteiger partial charge in [0.2, 0.25) is 0 Å². The molecule has 1 atom stereocenters. The lowest BCUT2D eigenvalue weighted by Gasteiger charge is -2.08. The summed E-state index contributed by atoms with van der Waals surface area (Å²) < 4.78 is 0. The van der Waals surface area contributed by atoms with E-state index in [1.54, 1.807) is 17.8 Å². The maximum atomic E-state index is 11.8. The molecule has 2 N–H and O–H groups in total. The summed E-state index contributed by atoms with van der Waals surface area (Å²) in [6, 6.07) is 7.41. The first kappa shape index (κ1) is 9.86. The Morgan fingerprint density at radius 3 is 3.06 bits per heavy atom. The number of aromatic nitrogens is 2. The molecule has 0 spiro atoms. The van der Waals surface area contributed by atoms with Gasteiger partial charge in [-0.05, 0) is 12.1 Å². The van der Waals surface area contributed by atoms with Crippen molar-refractivity contribution in [1.29, 1.82) is 0 Å². The summed E-state index contributed by atoms with van der Waals surface area (Å²) in [4.78, 5) is 19.1. The summed E-state index contributed by atoms with van der Waals surface area (Å²) in [5.74, 6) is 1.78. The van der Waals surface area contributed by atoms with Gasteiger partial charge in [0.15, 0.2) is 0 Å². The average molecular weight is 233 g/mol. The number of H-pyrrole nitrogens is 1. The molecule has 1 aromatic heterocycles. The van der Waals surface area contributed by atoms with Gasteiger partial charge in [0, 0.05) is 12.3 Å². The number of rotatable bonds is 1. The van der Waals surface area contributed by atoms with Crippen LogP contribution in [0.2, 0.25) is 0 Å². The Kier molecular flexibility index (Phi) is 2.41. The second kappa shape index (κ2) is 3.92. The Balaban J connectivity index is 2.17. The van der Waals surface area contributed by atoms with E-state index in [9.17, 15) is 4.79 Å². The topological polar surface area (TPSA) is 57.8 Å². The van der Waals surface area contributed by atoms with E-state index >= 15 is 0 Å². The number of nitrogens with one attached hydrogen (secondary N) is 2. The van der Waals surface area contributed by atoms with E-state index in [0.717, 1.165) is 23.6 Å². The Labute approximate surface area is 96.5 Å². The summed E-state index contributed by atoms with van der Waals surface area (Å²) in [6.45, 7) is 0.964. The molecule has 0 bridgehead atoms. The molecular weight excluding hydrogens is 222 g/mol. The summed E-state index contributed by atoms with van der Waals surface area (Å²) in [7, 11) is 0. The monoisotopic (exact) mass is 233 g/mol. The van der Waals surface area contributed by atoms with Crippen molar-refractivity contribution in [1.82, 2.24) is 15.3 Å². The predicted octanol–water partition coefficient (Wildman–Crippen LogP) is 1.26. The zero-order valence-corrected chi connectivity index (χ0v) is 9.38. The van der Waals surface area contributed by atoms with Crippen molar-refractivity contribution >= 4 is 22.7 Å². The molecule has 0 aliphatic carbocycles. The molecule has 0 amide bonds. The van der Waals surface area contributed by atoms with Crippen molar-refractivity contribution in [2.24, 2.45) is 0 Å². The summed E-state index contributed by atoms with van der Waals surface area (Å²) in [5.41, 5.74) is 0.699. The van der Waals surface area contributed by atoms with Crippen LogP contribution >= 0.6 is 11.8 Å². The first-order chi connectivity index (χ1) is 7.84. The first-order valence-electron chi connectivity index (χ1n) is 5.18. The van der Waals surface area contributed by atoms with Crippen LogP contribution in [0.1, 0.15) is 11.2 Å². The van der Waals surface area contributed by atoms with Crippen LogP contribution in [0.25, 0.3) is 10.9 Å². The van der Waals surface area contributed by atoms with Crippen LogP contribution in [-0.2, 0) is 0 Å². The zero-order chi connectivity index (χ0) is 11.0. The van der Waals surface area contributed by atoms with Gasteiger partial charge in [-0.3, -0.25) is 10.1 Å². The van der Waals surface area contributed by atoms with Crippen molar-refractivity contribution in [3.8, 4) is 0 Å². The highest BCUT2D eigenvalue weighted by atomic mass is 32.2. The number of benzene rings is 1. The summed E-state index contributed by atoms with van der Waals surface area (Å²) in [5, 5.41) is 4.07. The molecule has 2 heterocycles. The van der Waals surface area contributed by atoms with Gasteiger partial charge in [0.25, 0.3) is 5.56 Å². The molecule has 2 aromatic rings. The number of para-hydroxylation sites is 1. The smallest absolute Gasteiger partial charge is 0.258 e. The highest BCUT2D eigenvalue weighted by molar-refractivity contribution is 7.99. The lowest BCUT2D eigenvalue weighted by molar-refractivity contribution is 0.710. The number of hydrogen-bond donors (Lipinski definition) is 2. The van der Waals surface area contributed by atoms with Crippen LogP contribution in [-0.4, -0.2) is 22.3 Å². The van der Waals surface area contributed by atoms with Gasteiger partial charge in [0.05, 0.1) is 10.9 Å². The SMILES string of the molecule is O=c1[nH]c(C2NCCS2)nc2ccccc12. The molecule has 1 saturated heterocycles. The molecular formula is C11H11N3OS. The average Bonchev–Trinajstić information content (AvgIpc) is 2.82. The predicted molar refractivity (Wildman–Crippen MR) is 65.6 cm³/mol. The van der Waals surface area contributed by atoms with Crippen LogP contribution < -0.4 is 10.9 Å². The van der Waals surface area contributed by atoms with Crippen LogP contribution in [0.5, 0.6) is 0 Å². The first-order valence-corrected chi connectivity index (χ1v) is 6.23. The highest BCUT2D eigenvalue weighted by Gasteiger charge is 2.19. The van der Waals surface area contributed by atoms with Gasteiger partial charge in [-0.1, -0.05) is 12.1 Å². The molecule has 82 valence electrons. The van der Waals surface area contributed by atoms with E-state index in [-0.39, 0.29) is 10.9 Å². The molecule has 0 saturated carbocycles. The van der Waals surface area contributed by atoms with Crippen LogP contribution in [0, 0.1) is 0 Å². The Hall–Kier alpha value is -1.33. The number of nitrogens with zero attached hydrogens (tertiary/aromatic N) is 1. The highest BCUT2D eigenvalue weighted by Crippen LogP contribution is 2.27. The van der Waals surface area contributed by atoms with Crippen molar-refractivity contribution in [3.63, 3.8) is 0 Å². The van der Waals surface area contributed by atoms with Gasteiger partial charge in [-0.25, -0.2) is 4.98 Å². The third-order valence-electron chi connectivity index (χ3n) is 2.60. The Morgan fingerprint density at radius 1 is 1.38 bits per heavy atom. The van der Waals surface area contributed by atoms with E-state index in [1.807, 2.05) is 18.2 Å². The molecule has 3 rings (SSSR count). The van der Waals surface area contributed by atoms with Crippen LogP contribution in [0.4, 0.5) is 0 Å². The summed E-state index contributed by atoms with van der Waals surface area (Å²) >= 11 is 1.77. The molecule has 4 nitrogen and oxygen atoms in total. The minimum absolute atomic E-state index is 0.0603. The largest absolute Gasteiger partial charge is 0.308 e. The molecule has 0 radical (unpaired) electrons. The zero-order valence-electron chi connectivity index (χ0n) is 8.56. The minimum atomic E-state index is -0.0603.